The van der Waals surface area contributed by atoms with Crippen LogP contribution in [0, 0.1) is 0 Å². The maximum Gasteiger partial charge on any atom is 1.00 e. The molecule has 0 amide bonds. The Morgan fingerprint density at radius 1 is 1.08 bits per heavy atom. The molecule has 1 nitrogen and oxygen atoms in total. The Morgan fingerprint density at radius 2 is 1.77 bits per heavy atom. The van der Waals surface area contributed by atoms with Gasteiger partial charge < -0.3 is 4.79 Å². The van der Waals surface area contributed by atoms with Crippen LogP contribution in [0.2, 0.25) is 0 Å². The molecule has 0 saturated carbocycles. The molecule has 0 aliphatic carbocycles. The Morgan fingerprint density at radius 3 is 2.54 bits per heavy atom. The second-order valence-corrected chi connectivity index (χ2v) is 2.84. The van der Waals surface area contributed by atoms with Crippen molar-refractivity contribution in [2.45, 2.75) is 0 Å². The van der Waals surface area contributed by atoms with E-state index in [-0.39, 0.29) is 25.2 Å². The van der Waals surface area contributed by atoms with Gasteiger partial charge >= 0.3 is 18.9 Å². The molecule has 0 spiro atoms. The van der Waals surface area contributed by atoms with Gasteiger partial charge in [0.1, 0.15) is 0 Å². The second kappa shape index (κ2) is 4.41. The minimum absolute atomic E-state index is 0. The molecule has 2 rings (SSSR count). The Kier molecular flexibility index (Phi) is 3.48. The molecule has 0 fully saturated rings. The molecule has 58 valence electrons. The molecule has 0 atom stereocenters. The smallest absolute Gasteiger partial charge is 0.350 e. The molecule has 1 aromatic carbocycles. The summed E-state index contributed by atoms with van der Waals surface area (Å²) in [5.41, 5.74) is 0. The van der Waals surface area contributed by atoms with E-state index in [9.17, 15) is 4.79 Å². The molecule has 13 heavy (non-hydrogen) atoms. The van der Waals surface area contributed by atoms with Gasteiger partial charge in [-0.3, -0.25) is 5.96 Å². The molecule has 0 N–H and O–H groups in total. The topological polar surface area (TPSA) is 17.1 Å². The average molecular weight is 162 g/mol. The van der Waals surface area contributed by atoms with Crippen LogP contribution in [0.4, 0.5) is 0 Å². The standard InChI is InChI=1S/C10H8BO.Li/c12-8-11-7-3-5-9-4-1-2-6-10(9)11;/h1-8H;/q-1;+1. The Bertz CT molecular complexity index is 423. The predicted molar refractivity (Wildman–Crippen MR) is 52.0 cm³/mol. The monoisotopic (exact) mass is 162 g/mol. The van der Waals surface area contributed by atoms with E-state index < -0.39 is 0 Å². The van der Waals surface area contributed by atoms with Crippen LogP contribution in [0.3, 0.4) is 0 Å². The van der Waals surface area contributed by atoms with Crippen LogP contribution in [0.1, 0.15) is 0 Å². The third kappa shape index (κ3) is 1.91. The molecule has 0 aliphatic heterocycles. The van der Waals surface area contributed by atoms with Crippen LogP contribution in [0.15, 0.2) is 42.4 Å². The third-order valence-electron chi connectivity index (χ3n) is 2.10. The zero-order valence-corrected chi connectivity index (χ0v) is 7.60. The SMILES string of the molecule is O=C[b-]1cccc2ccccc12.[Li+]. The van der Waals surface area contributed by atoms with Gasteiger partial charge in [0.2, 0.25) is 0 Å². The number of fused-ring (bicyclic) bond motifs is 1. The van der Waals surface area contributed by atoms with Crippen LogP contribution in [-0.2, 0) is 4.79 Å². The Labute approximate surface area is 89.4 Å². The molecule has 0 saturated heterocycles. The van der Waals surface area contributed by atoms with E-state index in [4.69, 9.17) is 0 Å². The van der Waals surface area contributed by atoms with Crippen molar-refractivity contribution in [3.63, 3.8) is 0 Å². The van der Waals surface area contributed by atoms with Crippen molar-refractivity contribution >= 4 is 23.2 Å². The number of hydrogen-bond donors (Lipinski definition) is 0. The molecule has 0 bridgehead atoms. The summed E-state index contributed by atoms with van der Waals surface area (Å²) in [5, 5.41) is 2.26. The van der Waals surface area contributed by atoms with Crippen molar-refractivity contribution in [3.05, 3.63) is 42.4 Å². The molecule has 1 heterocycles. The zero-order valence-electron chi connectivity index (χ0n) is 7.60. The Hall–Kier alpha value is -0.838. The van der Waals surface area contributed by atoms with Gasteiger partial charge in [0, 0.05) is 0 Å². The van der Waals surface area contributed by atoms with Gasteiger partial charge in [-0.2, -0.15) is 0 Å². The van der Waals surface area contributed by atoms with Gasteiger partial charge in [0.25, 0.3) is 0 Å². The fourth-order valence-electron chi connectivity index (χ4n) is 1.47. The second-order valence-electron chi connectivity index (χ2n) is 2.84. The maximum absolute atomic E-state index is 10.7. The number of hydrogen-bond acceptors (Lipinski definition) is 1. The minimum atomic E-state index is -0.0498. The first-order chi connectivity index (χ1) is 5.92. The summed E-state index contributed by atoms with van der Waals surface area (Å²) < 4.78 is 0. The van der Waals surface area contributed by atoms with Gasteiger partial charge in [0.15, 0.2) is 0 Å². The van der Waals surface area contributed by atoms with Gasteiger partial charge in [-0.1, -0.05) is 41.9 Å². The van der Waals surface area contributed by atoms with Gasteiger partial charge in [-0.05, 0) is 6.34 Å². The fourth-order valence-corrected chi connectivity index (χ4v) is 1.47. The summed E-state index contributed by atoms with van der Waals surface area (Å²) >= 11 is 0. The van der Waals surface area contributed by atoms with Gasteiger partial charge in [0.05, 0.1) is 0 Å². The van der Waals surface area contributed by atoms with E-state index in [2.05, 4.69) is 0 Å². The molecule has 3 heteroatoms. The van der Waals surface area contributed by atoms with Crippen molar-refractivity contribution in [2.75, 3.05) is 0 Å². The summed E-state index contributed by atoms with van der Waals surface area (Å²) in [6, 6.07) is 11.9. The van der Waals surface area contributed by atoms with E-state index in [1.807, 2.05) is 42.4 Å². The van der Waals surface area contributed by atoms with Gasteiger partial charge in [-0.25, -0.2) is 5.28 Å². The van der Waals surface area contributed by atoms with E-state index in [0.717, 1.165) is 16.9 Å². The van der Waals surface area contributed by atoms with E-state index in [1.54, 1.807) is 0 Å². The van der Waals surface area contributed by atoms with E-state index in [0.29, 0.717) is 0 Å². The first kappa shape index (κ1) is 10.2. The summed E-state index contributed by atoms with van der Waals surface area (Å²) in [7, 11) is 0. The molecule has 0 aliphatic rings. The van der Waals surface area contributed by atoms with Crippen LogP contribution < -0.4 is 18.9 Å². The zero-order chi connectivity index (χ0) is 8.39. The van der Waals surface area contributed by atoms with Crippen LogP contribution in [0.25, 0.3) is 10.7 Å². The Balaban J connectivity index is 0.000000845. The molecular weight excluding hydrogens is 154 g/mol. The summed E-state index contributed by atoms with van der Waals surface area (Å²) in [4.78, 5) is 10.7. The van der Waals surface area contributed by atoms with E-state index >= 15 is 0 Å². The first-order valence-corrected chi connectivity index (χ1v) is 3.97. The predicted octanol–water partition coefficient (Wildman–Crippen LogP) is -1.09. The van der Waals surface area contributed by atoms with Crippen LogP contribution >= 0.6 is 0 Å². The number of benzene rings is 1. The number of carbonyl (C=O) groups is 1. The summed E-state index contributed by atoms with van der Waals surface area (Å²) in [6.45, 7) is 0. The van der Waals surface area contributed by atoms with Crippen LogP contribution in [-0.4, -0.2) is 12.5 Å². The largest absolute Gasteiger partial charge is 1.00 e. The molecule has 0 unspecified atom stereocenters. The number of carbonyl (C=O) groups excluding carboxylic acids is 1. The summed E-state index contributed by atoms with van der Waals surface area (Å²) in [6.07, 6.45) is 0.925. The normalized spacial score (nSPS) is 9.23. The average Bonchev–Trinajstić information content (AvgIpc) is 2.17. The maximum atomic E-state index is 10.7. The first-order valence-electron chi connectivity index (χ1n) is 3.97. The minimum Gasteiger partial charge on any atom is -0.350 e. The van der Waals surface area contributed by atoms with Crippen molar-refractivity contribution < 1.29 is 23.7 Å². The third-order valence-corrected chi connectivity index (χ3v) is 2.10. The van der Waals surface area contributed by atoms with Gasteiger partial charge in [-0.15, -0.1) is 6.07 Å². The van der Waals surface area contributed by atoms with Crippen LogP contribution in [0.5, 0.6) is 0 Å². The fraction of sp³-hybridized carbons (Fsp3) is 0. The van der Waals surface area contributed by atoms with Crippen molar-refractivity contribution in [1.82, 2.24) is 0 Å². The molecule has 2 aromatic rings. The van der Waals surface area contributed by atoms with E-state index in [1.165, 1.54) is 0 Å². The quantitative estimate of drug-likeness (QED) is 0.384. The van der Waals surface area contributed by atoms with Crippen molar-refractivity contribution in [1.29, 1.82) is 0 Å². The summed E-state index contributed by atoms with van der Waals surface area (Å²) in [5.74, 6) is 1.91. The molecule has 1 aromatic heterocycles. The number of rotatable bonds is 1. The van der Waals surface area contributed by atoms with Crippen molar-refractivity contribution in [2.24, 2.45) is 0 Å². The molecule has 0 radical (unpaired) electrons. The molecular formula is C10H8BLiO. The van der Waals surface area contributed by atoms with Crippen molar-refractivity contribution in [3.8, 4) is 0 Å².